The first-order valence-electron chi connectivity index (χ1n) is 3.28. The number of rotatable bonds is 0. The fourth-order valence-electron chi connectivity index (χ4n) is 1.56. The fraction of sp³-hybridized carbons (Fsp3) is 0.571. The molecule has 2 rings (SSSR count). The van der Waals surface area contributed by atoms with E-state index < -0.39 is 0 Å². The minimum Gasteiger partial charge on any atom is -0.313 e. The van der Waals surface area contributed by atoms with E-state index in [4.69, 9.17) is 0 Å². The van der Waals surface area contributed by atoms with Crippen LogP contribution in [0.5, 0.6) is 0 Å². The monoisotopic (exact) mass is 123 g/mol. The van der Waals surface area contributed by atoms with Crippen LogP contribution in [-0.4, -0.2) is 16.8 Å². The molecule has 0 N–H and O–H groups in total. The summed E-state index contributed by atoms with van der Waals surface area (Å²) in [7, 11) is 0. The highest BCUT2D eigenvalue weighted by atomic mass is 16.2. The molecule has 1 fully saturated rings. The first-order chi connectivity index (χ1) is 4.29. The van der Waals surface area contributed by atoms with E-state index in [0.717, 1.165) is 18.5 Å². The molecule has 2 heteroatoms. The average molecular weight is 123 g/mol. The first kappa shape index (κ1) is 5.03. The number of amides is 1. The van der Waals surface area contributed by atoms with Gasteiger partial charge in [-0.1, -0.05) is 6.08 Å². The third-order valence-corrected chi connectivity index (χ3v) is 2.11. The summed E-state index contributed by atoms with van der Waals surface area (Å²) in [5.41, 5.74) is 1.15. The lowest BCUT2D eigenvalue weighted by molar-refractivity contribution is -0.141. The zero-order valence-electron chi connectivity index (χ0n) is 5.42. The SMILES string of the molecule is CC1=CCC2CC(=O)N12. The van der Waals surface area contributed by atoms with E-state index >= 15 is 0 Å². The molecule has 2 aliphatic heterocycles. The van der Waals surface area contributed by atoms with Gasteiger partial charge >= 0.3 is 0 Å². The summed E-state index contributed by atoms with van der Waals surface area (Å²) in [6, 6.07) is 0.539. The van der Waals surface area contributed by atoms with Crippen molar-refractivity contribution in [2.45, 2.75) is 25.8 Å². The van der Waals surface area contributed by atoms with Crippen LogP contribution in [0.2, 0.25) is 0 Å². The van der Waals surface area contributed by atoms with Gasteiger partial charge in [0.2, 0.25) is 5.91 Å². The molecule has 2 heterocycles. The molecule has 1 atom stereocenters. The second-order valence-electron chi connectivity index (χ2n) is 2.70. The zero-order chi connectivity index (χ0) is 6.43. The van der Waals surface area contributed by atoms with Crippen LogP contribution in [0.25, 0.3) is 0 Å². The molecule has 0 aromatic heterocycles. The van der Waals surface area contributed by atoms with Crippen LogP contribution in [0.3, 0.4) is 0 Å². The second kappa shape index (κ2) is 1.38. The number of carbonyl (C=O) groups excluding carboxylic acids is 1. The lowest BCUT2D eigenvalue weighted by Crippen LogP contribution is -2.47. The molecule has 1 amide bonds. The van der Waals surface area contributed by atoms with Gasteiger partial charge in [0.05, 0.1) is 0 Å². The topological polar surface area (TPSA) is 20.3 Å². The van der Waals surface area contributed by atoms with Gasteiger partial charge in [-0.3, -0.25) is 4.79 Å². The predicted octanol–water partition coefficient (Wildman–Crippen LogP) is 0.895. The van der Waals surface area contributed by atoms with Crippen molar-refractivity contribution in [1.82, 2.24) is 4.90 Å². The largest absolute Gasteiger partial charge is 0.313 e. The Bertz CT molecular complexity index is 195. The molecule has 0 saturated carbocycles. The lowest BCUT2D eigenvalue weighted by atomic mass is 10.0. The lowest BCUT2D eigenvalue weighted by Gasteiger charge is -2.35. The molecular formula is C7H9NO. The Morgan fingerprint density at radius 1 is 1.78 bits per heavy atom. The number of allylic oxidation sites excluding steroid dienone is 1. The normalized spacial score (nSPS) is 31.7. The number of carbonyl (C=O) groups is 1. The van der Waals surface area contributed by atoms with Gasteiger partial charge in [-0.15, -0.1) is 0 Å². The van der Waals surface area contributed by atoms with Gasteiger partial charge < -0.3 is 4.90 Å². The fourth-order valence-corrected chi connectivity index (χ4v) is 1.56. The molecule has 1 unspecified atom stereocenters. The molecular weight excluding hydrogens is 114 g/mol. The molecule has 2 nitrogen and oxygen atoms in total. The van der Waals surface area contributed by atoms with Gasteiger partial charge in [-0.05, 0) is 13.3 Å². The Morgan fingerprint density at radius 3 is 3.00 bits per heavy atom. The molecule has 0 radical (unpaired) electrons. The number of hydrogen-bond acceptors (Lipinski definition) is 1. The van der Waals surface area contributed by atoms with Gasteiger partial charge in [-0.2, -0.15) is 0 Å². The van der Waals surface area contributed by atoms with Gasteiger partial charge in [0.15, 0.2) is 0 Å². The highest BCUT2D eigenvalue weighted by Gasteiger charge is 2.39. The van der Waals surface area contributed by atoms with Crippen LogP contribution >= 0.6 is 0 Å². The van der Waals surface area contributed by atoms with Gasteiger partial charge in [0, 0.05) is 18.2 Å². The Kier molecular flexibility index (Phi) is 0.770. The zero-order valence-corrected chi connectivity index (χ0v) is 5.42. The van der Waals surface area contributed by atoms with Crippen LogP contribution in [-0.2, 0) is 4.79 Å². The third kappa shape index (κ3) is 0.479. The summed E-state index contributed by atoms with van der Waals surface area (Å²) in [5.74, 6) is 0.297. The molecule has 2 aliphatic rings. The Balaban J connectivity index is 2.24. The van der Waals surface area contributed by atoms with E-state index in [0.29, 0.717) is 11.9 Å². The Morgan fingerprint density at radius 2 is 2.56 bits per heavy atom. The first-order valence-corrected chi connectivity index (χ1v) is 3.28. The summed E-state index contributed by atoms with van der Waals surface area (Å²) in [5, 5.41) is 0. The maximum absolute atomic E-state index is 10.8. The van der Waals surface area contributed by atoms with Crippen LogP contribution in [0, 0.1) is 0 Å². The van der Waals surface area contributed by atoms with Crippen molar-refractivity contribution >= 4 is 5.91 Å². The van der Waals surface area contributed by atoms with Crippen LogP contribution in [0.15, 0.2) is 11.8 Å². The minimum atomic E-state index is 0.297. The van der Waals surface area contributed by atoms with Gasteiger partial charge in [0.25, 0.3) is 0 Å². The maximum Gasteiger partial charge on any atom is 0.229 e. The maximum atomic E-state index is 10.8. The van der Waals surface area contributed by atoms with E-state index in [-0.39, 0.29) is 0 Å². The molecule has 0 bridgehead atoms. The number of hydrogen-bond donors (Lipinski definition) is 0. The predicted molar refractivity (Wildman–Crippen MR) is 33.6 cm³/mol. The van der Waals surface area contributed by atoms with Gasteiger partial charge in [-0.25, -0.2) is 0 Å². The van der Waals surface area contributed by atoms with Crippen molar-refractivity contribution in [2.24, 2.45) is 0 Å². The standard InChI is InChI=1S/C7H9NO/c1-5-2-3-6-4-7(9)8(5)6/h2,6H,3-4H2,1H3. The Hall–Kier alpha value is -0.790. The minimum absolute atomic E-state index is 0.297. The van der Waals surface area contributed by atoms with Crippen molar-refractivity contribution in [1.29, 1.82) is 0 Å². The second-order valence-corrected chi connectivity index (χ2v) is 2.70. The summed E-state index contributed by atoms with van der Waals surface area (Å²) in [6.45, 7) is 2.00. The Labute approximate surface area is 54.1 Å². The van der Waals surface area contributed by atoms with E-state index in [1.54, 1.807) is 0 Å². The molecule has 0 spiro atoms. The van der Waals surface area contributed by atoms with E-state index in [2.05, 4.69) is 6.08 Å². The van der Waals surface area contributed by atoms with E-state index in [1.807, 2.05) is 11.8 Å². The molecule has 0 aliphatic carbocycles. The molecule has 0 aromatic carbocycles. The number of fused-ring (bicyclic) bond motifs is 1. The quantitative estimate of drug-likeness (QED) is 0.438. The highest BCUT2D eigenvalue weighted by molar-refractivity contribution is 5.85. The van der Waals surface area contributed by atoms with Crippen molar-refractivity contribution < 1.29 is 4.79 Å². The molecule has 48 valence electrons. The van der Waals surface area contributed by atoms with Crippen molar-refractivity contribution in [3.63, 3.8) is 0 Å². The summed E-state index contributed by atoms with van der Waals surface area (Å²) >= 11 is 0. The van der Waals surface area contributed by atoms with Crippen molar-refractivity contribution in [2.75, 3.05) is 0 Å². The van der Waals surface area contributed by atoms with Crippen LogP contribution in [0.1, 0.15) is 19.8 Å². The average Bonchev–Trinajstić information content (AvgIpc) is 2.04. The summed E-state index contributed by atoms with van der Waals surface area (Å²) < 4.78 is 0. The van der Waals surface area contributed by atoms with Gasteiger partial charge in [0.1, 0.15) is 0 Å². The summed E-state index contributed by atoms with van der Waals surface area (Å²) in [6.07, 6.45) is 3.99. The number of β-lactam (4-membered cyclic amide) rings is 1. The van der Waals surface area contributed by atoms with Crippen molar-refractivity contribution in [3.05, 3.63) is 11.8 Å². The smallest absolute Gasteiger partial charge is 0.229 e. The number of nitrogens with zero attached hydrogens (tertiary/aromatic N) is 1. The van der Waals surface area contributed by atoms with E-state index in [9.17, 15) is 4.79 Å². The summed E-state index contributed by atoms with van der Waals surface area (Å²) in [4.78, 5) is 12.7. The van der Waals surface area contributed by atoms with Crippen LogP contribution in [0.4, 0.5) is 0 Å². The molecule has 9 heavy (non-hydrogen) atoms. The van der Waals surface area contributed by atoms with E-state index in [1.165, 1.54) is 0 Å². The third-order valence-electron chi connectivity index (χ3n) is 2.11. The molecule has 1 saturated heterocycles. The highest BCUT2D eigenvalue weighted by Crippen LogP contribution is 2.32. The van der Waals surface area contributed by atoms with Crippen LogP contribution < -0.4 is 0 Å². The van der Waals surface area contributed by atoms with Crippen molar-refractivity contribution in [3.8, 4) is 0 Å². The molecule has 0 aromatic rings.